The van der Waals surface area contributed by atoms with E-state index in [1.165, 1.54) is 0 Å². The number of nitrogens with one attached hydrogen (secondary N) is 1. The van der Waals surface area contributed by atoms with Crippen LogP contribution in [0.2, 0.25) is 0 Å². The average molecular weight is 229 g/mol. The van der Waals surface area contributed by atoms with E-state index in [4.69, 9.17) is 10.6 Å². The van der Waals surface area contributed by atoms with Crippen molar-refractivity contribution in [3.63, 3.8) is 0 Å². The Morgan fingerprint density at radius 1 is 1.50 bits per heavy atom. The number of carbonyl (C=O) groups excluding carboxylic acids is 1. The maximum absolute atomic E-state index is 11.7. The Morgan fingerprint density at radius 2 is 2.06 bits per heavy atom. The molecule has 1 rings (SSSR count). The minimum Gasteiger partial charge on any atom is -0.373 e. The Labute approximate surface area is 97.3 Å². The summed E-state index contributed by atoms with van der Waals surface area (Å²) in [5, 5.41) is 0. The van der Waals surface area contributed by atoms with Crippen molar-refractivity contribution in [3.8, 4) is 0 Å². The number of nitrogens with two attached hydrogens (primary N) is 1. The highest BCUT2D eigenvalue weighted by Crippen LogP contribution is 2.16. The number of carbonyl (C=O) groups is 1. The van der Waals surface area contributed by atoms with Crippen molar-refractivity contribution in [3.05, 3.63) is 0 Å². The van der Waals surface area contributed by atoms with Gasteiger partial charge < -0.3 is 4.74 Å². The molecule has 0 aliphatic carbocycles. The molecule has 0 radical (unpaired) electrons. The van der Waals surface area contributed by atoms with Crippen molar-refractivity contribution in [1.29, 1.82) is 0 Å². The predicted octanol–water partition coefficient (Wildman–Crippen LogP) is 0.254. The lowest BCUT2D eigenvalue weighted by Crippen LogP contribution is -2.56. The third-order valence-corrected chi connectivity index (χ3v) is 2.90. The van der Waals surface area contributed by atoms with Gasteiger partial charge in [0.2, 0.25) is 0 Å². The van der Waals surface area contributed by atoms with Crippen LogP contribution in [0.1, 0.15) is 33.6 Å². The second kappa shape index (κ2) is 6.18. The first-order valence-electron chi connectivity index (χ1n) is 5.98. The Morgan fingerprint density at radius 3 is 2.50 bits per heavy atom. The highest BCUT2D eigenvalue weighted by Gasteiger charge is 2.31. The van der Waals surface area contributed by atoms with Crippen molar-refractivity contribution in [1.82, 2.24) is 10.3 Å². The Hall–Kier alpha value is -0.650. The number of ether oxygens (including phenoxy) is 1. The van der Waals surface area contributed by atoms with Gasteiger partial charge in [0, 0.05) is 13.1 Å². The number of amides is 1. The normalized spacial score (nSPS) is 28.8. The number of hydrazine groups is 1. The second-order valence-electron chi connectivity index (χ2n) is 4.52. The third-order valence-electron chi connectivity index (χ3n) is 2.90. The smallest absolute Gasteiger partial charge is 0.251 e. The van der Waals surface area contributed by atoms with Gasteiger partial charge in [-0.3, -0.25) is 15.1 Å². The SMILES string of the molecule is CCC[C@H](C(=O)NN)N1C[C@H](C)O[C@@H](C)C1. The summed E-state index contributed by atoms with van der Waals surface area (Å²) in [6.45, 7) is 7.73. The maximum Gasteiger partial charge on any atom is 0.251 e. The van der Waals surface area contributed by atoms with E-state index in [1.807, 2.05) is 13.8 Å². The van der Waals surface area contributed by atoms with Crippen LogP contribution in [-0.4, -0.2) is 42.1 Å². The number of hydrogen-bond donors (Lipinski definition) is 2. The van der Waals surface area contributed by atoms with Gasteiger partial charge in [-0.2, -0.15) is 0 Å². The Balaban J connectivity index is 2.65. The molecule has 3 atom stereocenters. The van der Waals surface area contributed by atoms with Crippen molar-refractivity contribution >= 4 is 5.91 Å². The molecule has 0 bridgehead atoms. The van der Waals surface area contributed by atoms with Gasteiger partial charge >= 0.3 is 0 Å². The minimum atomic E-state index is -0.121. The van der Waals surface area contributed by atoms with Gasteiger partial charge in [0.1, 0.15) is 0 Å². The molecular formula is C11H23N3O2. The van der Waals surface area contributed by atoms with E-state index in [0.29, 0.717) is 0 Å². The van der Waals surface area contributed by atoms with Gasteiger partial charge in [0.15, 0.2) is 0 Å². The molecule has 0 aromatic heterocycles. The molecular weight excluding hydrogens is 206 g/mol. The quantitative estimate of drug-likeness (QED) is 0.412. The summed E-state index contributed by atoms with van der Waals surface area (Å²) in [6, 6.07) is -0.121. The standard InChI is InChI=1S/C11H23N3O2/c1-4-5-10(11(15)13-12)14-6-8(2)16-9(3)7-14/h8-10H,4-7,12H2,1-3H3,(H,13,15)/t8-,9-,10+/m0/s1. The number of hydrogen-bond acceptors (Lipinski definition) is 4. The summed E-state index contributed by atoms with van der Waals surface area (Å²) < 4.78 is 5.65. The van der Waals surface area contributed by atoms with Gasteiger partial charge in [-0.15, -0.1) is 0 Å². The van der Waals surface area contributed by atoms with Crippen LogP contribution in [0, 0.1) is 0 Å². The number of nitrogens with zero attached hydrogens (tertiary/aromatic N) is 1. The fourth-order valence-electron chi connectivity index (χ4n) is 2.32. The lowest BCUT2D eigenvalue weighted by Gasteiger charge is -2.39. The molecule has 1 aliphatic rings. The first-order valence-corrected chi connectivity index (χ1v) is 5.98. The fourth-order valence-corrected chi connectivity index (χ4v) is 2.32. The van der Waals surface area contributed by atoms with Crippen LogP contribution in [-0.2, 0) is 9.53 Å². The van der Waals surface area contributed by atoms with Crippen LogP contribution in [0.3, 0.4) is 0 Å². The molecule has 0 aromatic carbocycles. The summed E-state index contributed by atoms with van der Waals surface area (Å²) in [5.74, 6) is 5.13. The Bertz CT molecular complexity index is 225. The largest absolute Gasteiger partial charge is 0.373 e. The molecule has 1 heterocycles. The van der Waals surface area contributed by atoms with Crippen LogP contribution >= 0.6 is 0 Å². The van der Waals surface area contributed by atoms with Crippen LogP contribution < -0.4 is 11.3 Å². The van der Waals surface area contributed by atoms with E-state index >= 15 is 0 Å². The van der Waals surface area contributed by atoms with E-state index in [-0.39, 0.29) is 24.2 Å². The third kappa shape index (κ3) is 3.43. The van der Waals surface area contributed by atoms with Crippen molar-refractivity contribution < 1.29 is 9.53 Å². The van der Waals surface area contributed by atoms with E-state index < -0.39 is 0 Å². The summed E-state index contributed by atoms with van der Waals surface area (Å²) >= 11 is 0. The van der Waals surface area contributed by atoms with Gasteiger partial charge in [0.25, 0.3) is 5.91 Å². The van der Waals surface area contributed by atoms with Crippen LogP contribution in [0.5, 0.6) is 0 Å². The molecule has 3 N–H and O–H groups in total. The zero-order chi connectivity index (χ0) is 12.1. The maximum atomic E-state index is 11.7. The summed E-state index contributed by atoms with van der Waals surface area (Å²) in [5.41, 5.74) is 2.26. The topological polar surface area (TPSA) is 67.6 Å². The Kier molecular flexibility index (Phi) is 5.18. The summed E-state index contributed by atoms with van der Waals surface area (Å²) in [6.07, 6.45) is 2.16. The lowest BCUT2D eigenvalue weighted by atomic mass is 10.1. The van der Waals surface area contributed by atoms with Crippen molar-refractivity contribution in [2.75, 3.05) is 13.1 Å². The monoisotopic (exact) mass is 229 g/mol. The summed E-state index contributed by atoms with van der Waals surface area (Å²) in [4.78, 5) is 13.9. The zero-order valence-electron chi connectivity index (χ0n) is 10.4. The van der Waals surface area contributed by atoms with Crippen LogP contribution in [0.15, 0.2) is 0 Å². The van der Waals surface area contributed by atoms with Gasteiger partial charge in [0.05, 0.1) is 18.2 Å². The van der Waals surface area contributed by atoms with Gasteiger partial charge in [-0.1, -0.05) is 13.3 Å². The highest BCUT2D eigenvalue weighted by atomic mass is 16.5. The lowest BCUT2D eigenvalue weighted by molar-refractivity contribution is -0.133. The molecule has 1 fully saturated rings. The summed E-state index contributed by atoms with van der Waals surface area (Å²) in [7, 11) is 0. The first-order chi connectivity index (χ1) is 7.58. The molecule has 1 aliphatic heterocycles. The molecule has 0 saturated carbocycles. The number of morpholine rings is 1. The molecule has 5 nitrogen and oxygen atoms in total. The molecule has 0 unspecified atom stereocenters. The minimum absolute atomic E-state index is 0.0943. The van der Waals surface area contributed by atoms with E-state index in [0.717, 1.165) is 25.9 Å². The fraction of sp³-hybridized carbons (Fsp3) is 0.909. The second-order valence-corrected chi connectivity index (χ2v) is 4.52. The predicted molar refractivity (Wildman–Crippen MR) is 62.6 cm³/mol. The van der Waals surface area contributed by atoms with E-state index in [2.05, 4.69) is 17.2 Å². The first kappa shape index (κ1) is 13.4. The average Bonchev–Trinajstić information content (AvgIpc) is 2.23. The van der Waals surface area contributed by atoms with Gasteiger partial charge in [-0.05, 0) is 20.3 Å². The molecule has 1 amide bonds. The molecule has 1 saturated heterocycles. The van der Waals surface area contributed by atoms with E-state index in [1.54, 1.807) is 0 Å². The molecule has 0 spiro atoms. The molecule has 94 valence electrons. The van der Waals surface area contributed by atoms with Crippen LogP contribution in [0.25, 0.3) is 0 Å². The van der Waals surface area contributed by atoms with Crippen molar-refractivity contribution in [2.45, 2.75) is 51.9 Å². The zero-order valence-corrected chi connectivity index (χ0v) is 10.4. The van der Waals surface area contributed by atoms with Crippen molar-refractivity contribution in [2.24, 2.45) is 5.84 Å². The molecule has 5 heteroatoms. The molecule has 0 aromatic rings. The van der Waals surface area contributed by atoms with Gasteiger partial charge in [-0.25, -0.2) is 5.84 Å². The number of rotatable bonds is 4. The van der Waals surface area contributed by atoms with Crippen LogP contribution in [0.4, 0.5) is 0 Å². The highest BCUT2D eigenvalue weighted by molar-refractivity contribution is 5.81. The van der Waals surface area contributed by atoms with E-state index in [9.17, 15) is 4.79 Å². The molecule has 16 heavy (non-hydrogen) atoms.